The topological polar surface area (TPSA) is 40.5 Å². The summed E-state index contributed by atoms with van der Waals surface area (Å²) in [7, 11) is 0. The van der Waals surface area contributed by atoms with E-state index in [2.05, 4.69) is 15.9 Å². The van der Waals surface area contributed by atoms with E-state index in [1.54, 1.807) is 0 Å². The number of benzene rings is 1. The van der Waals surface area contributed by atoms with Crippen LogP contribution in [0.2, 0.25) is 0 Å². The Kier molecular flexibility index (Phi) is 2.41. The number of aliphatic hydroxyl groups is 2. The minimum atomic E-state index is -0.493. The average Bonchev–Trinajstić information content (AvgIpc) is 2.42. The van der Waals surface area contributed by atoms with E-state index in [1.807, 2.05) is 18.2 Å². The molecule has 0 amide bonds. The molecule has 1 aliphatic rings. The van der Waals surface area contributed by atoms with E-state index in [4.69, 9.17) is 5.11 Å². The van der Waals surface area contributed by atoms with Crippen LogP contribution in [0.3, 0.4) is 0 Å². The highest BCUT2D eigenvalue weighted by Gasteiger charge is 2.29. The average molecular weight is 243 g/mol. The highest BCUT2D eigenvalue weighted by molar-refractivity contribution is 9.10. The molecule has 2 atom stereocenters. The molecule has 2 rings (SSSR count). The smallest absolute Gasteiger partial charge is 0.0845 e. The van der Waals surface area contributed by atoms with Crippen molar-refractivity contribution >= 4 is 15.9 Å². The quantitative estimate of drug-likeness (QED) is 0.787. The summed E-state index contributed by atoms with van der Waals surface area (Å²) in [4.78, 5) is 0. The van der Waals surface area contributed by atoms with Crippen molar-refractivity contribution in [3.05, 3.63) is 33.8 Å². The summed E-state index contributed by atoms with van der Waals surface area (Å²) in [5.41, 5.74) is 2.10. The summed E-state index contributed by atoms with van der Waals surface area (Å²) in [6, 6.07) is 5.84. The molecule has 0 saturated carbocycles. The predicted molar refractivity (Wildman–Crippen MR) is 53.4 cm³/mol. The van der Waals surface area contributed by atoms with Crippen molar-refractivity contribution < 1.29 is 10.2 Å². The fourth-order valence-corrected chi connectivity index (χ4v) is 2.26. The molecule has 1 aromatic carbocycles. The Morgan fingerprint density at radius 1 is 1.46 bits per heavy atom. The molecule has 0 heterocycles. The van der Waals surface area contributed by atoms with Crippen molar-refractivity contribution in [2.75, 3.05) is 6.61 Å². The number of fused-ring (bicyclic) bond motifs is 1. The fraction of sp³-hybridized carbons (Fsp3) is 0.400. The van der Waals surface area contributed by atoms with Crippen LogP contribution in [0.1, 0.15) is 17.2 Å². The van der Waals surface area contributed by atoms with Crippen molar-refractivity contribution in [2.24, 2.45) is 5.92 Å². The summed E-state index contributed by atoms with van der Waals surface area (Å²) in [5, 5.41) is 18.8. The molecular weight excluding hydrogens is 232 g/mol. The van der Waals surface area contributed by atoms with Crippen molar-refractivity contribution in [3.63, 3.8) is 0 Å². The summed E-state index contributed by atoms with van der Waals surface area (Å²) in [6.45, 7) is 0.0491. The number of halogens is 1. The highest BCUT2D eigenvalue weighted by Crippen LogP contribution is 2.36. The lowest BCUT2D eigenvalue weighted by atomic mass is 10.1. The molecule has 13 heavy (non-hydrogen) atoms. The van der Waals surface area contributed by atoms with Gasteiger partial charge in [-0.05, 0) is 29.7 Å². The molecule has 1 aliphatic carbocycles. The molecular formula is C10H11BrO2. The molecule has 70 valence electrons. The minimum absolute atomic E-state index is 0.0238. The molecule has 0 aliphatic heterocycles. The van der Waals surface area contributed by atoms with E-state index in [-0.39, 0.29) is 12.5 Å². The largest absolute Gasteiger partial charge is 0.396 e. The van der Waals surface area contributed by atoms with Crippen LogP contribution in [0.4, 0.5) is 0 Å². The Balaban J connectivity index is 2.38. The van der Waals surface area contributed by atoms with Crippen molar-refractivity contribution in [3.8, 4) is 0 Å². The van der Waals surface area contributed by atoms with Gasteiger partial charge in [0, 0.05) is 17.0 Å². The normalized spacial score (nSPS) is 26.1. The van der Waals surface area contributed by atoms with Gasteiger partial charge in [0.1, 0.15) is 0 Å². The monoisotopic (exact) mass is 242 g/mol. The van der Waals surface area contributed by atoms with Crippen molar-refractivity contribution in [1.29, 1.82) is 0 Å². The number of aliphatic hydroxyl groups excluding tert-OH is 2. The second kappa shape index (κ2) is 3.40. The fourth-order valence-electron chi connectivity index (χ4n) is 1.85. The molecule has 3 heteroatoms. The SMILES string of the molecule is OCC1Cc2cc(Br)ccc2C1O. The van der Waals surface area contributed by atoms with E-state index in [0.717, 1.165) is 22.0 Å². The lowest BCUT2D eigenvalue weighted by Crippen LogP contribution is -2.11. The van der Waals surface area contributed by atoms with Gasteiger partial charge in [-0.25, -0.2) is 0 Å². The van der Waals surface area contributed by atoms with Gasteiger partial charge in [0.2, 0.25) is 0 Å². The zero-order valence-electron chi connectivity index (χ0n) is 7.07. The van der Waals surface area contributed by atoms with Gasteiger partial charge in [0.05, 0.1) is 6.10 Å². The molecule has 0 fully saturated rings. The summed E-state index contributed by atoms with van der Waals surface area (Å²) in [6.07, 6.45) is 0.278. The summed E-state index contributed by atoms with van der Waals surface area (Å²) >= 11 is 3.38. The van der Waals surface area contributed by atoms with E-state index in [0.29, 0.717) is 0 Å². The molecule has 0 bridgehead atoms. The Hall–Kier alpha value is -0.380. The third kappa shape index (κ3) is 1.52. The van der Waals surface area contributed by atoms with Gasteiger partial charge in [0.15, 0.2) is 0 Å². The predicted octanol–water partition coefficient (Wildman–Crippen LogP) is 1.65. The molecule has 0 saturated heterocycles. The van der Waals surface area contributed by atoms with E-state index < -0.39 is 6.10 Å². The van der Waals surface area contributed by atoms with Gasteiger partial charge in [-0.2, -0.15) is 0 Å². The lowest BCUT2D eigenvalue weighted by Gasteiger charge is -2.10. The molecule has 2 unspecified atom stereocenters. The Bertz CT molecular complexity index is 325. The molecule has 2 nitrogen and oxygen atoms in total. The first-order chi connectivity index (χ1) is 6.22. The van der Waals surface area contributed by atoms with Crippen LogP contribution in [-0.2, 0) is 6.42 Å². The molecule has 0 aromatic heterocycles. The van der Waals surface area contributed by atoms with E-state index >= 15 is 0 Å². The van der Waals surface area contributed by atoms with Gasteiger partial charge in [-0.3, -0.25) is 0 Å². The molecule has 0 spiro atoms. The van der Waals surface area contributed by atoms with Gasteiger partial charge in [-0.15, -0.1) is 0 Å². The van der Waals surface area contributed by atoms with Crippen molar-refractivity contribution in [2.45, 2.75) is 12.5 Å². The van der Waals surface area contributed by atoms with Crippen LogP contribution in [0.25, 0.3) is 0 Å². The maximum Gasteiger partial charge on any atom is 0.0845 e. The standard InChI is InChI=1S/C10H11BrO2/c11-8-1-2-9-6(4-8)3-7(5-12)10(9)13/h1-2,4,7,10,12-13H,3,5H2. The van der Waals surface area contributed by atoms with Crippen LogP contribution < -0.4 is 0 Å². The van der Waals surface area contributed by atoms with Crippen LogP contribution in [0.5, 0.6) is 0 Å². The summed E-state index contributed by atoms with van der Waals surface area (Å²) in [5.74, 6) is -0.0238. The third-order valence-electron chi connectivity index (χ3n) is 2.59. The van der Waals surface area contributed by atoms with Crippen LogP contribution in [-0.4, -0.2) is 16.8 Å². The number of hydrogen-bond donors (Lipinski definition) is 2. The zero-order chi connectivity index (χ0) is 9.42. The second-order valence-corrected chi connectivity index (χ2v) is 4.35. The Labute approximate surface area is 85.3 Å². The van der Waals surface area contributed by atoms with Gasteiger partial charge < -0.3 is 10.2 Å². The number of hydrogen-bond acceptors (Lipinski definition) is 2. The van der Waals surface area contributed by atoms with E-state index in [9.17, 15) is 5.11 Å². The minimum Gasteiger partial charge on any atom is -0.396 e. The van der Waals surface area contributed by atoms with Gasteiger partial charge in [-0.1, -0.05) is 22.0 Å². The first-order valence-corrected chi connectivity index (χ1v) is 5.09. The maximum absolute atomic E-state index is 9.76. The van der Waals surface area contributed by atoms with Gasteiger partial charge >= 0.3 is 0 Å². The van der Waals surface area contributed by atoms with Crippen LogP contribution in [0.15, 0.2) is 22.7 Å². The maximum atomic E-state index is 9.76. The Morgan fingerprint density at radius 2 is 2.23 bits per heavy atom. The van der Waals surface area contributed by atoms with Gasteiger partial charge in [0.25, 0.3) is 0 Å². The third-order valence-corrected chi connectivity index (χ3v) is 3.08. The lowest BCUT2D eigenvalue weighted by molar-refractivity contribution is 0.0807. The van der Waals surface area contributed by atoms with E-state index in [1.165, 1.54) is 0 Å². The number of rotatable bonds is 1. The highest BCUT2D eigenvalue weighted by atomic mass is 79.9. The molecule has 1 aromatic rings. The van der Waals surface area contributed by atoms with Crippen molar-refractivity contribution in [1.82, 2.24) is 0 Å². The first-order valence-electron chi connectivity index (χ1n) is 4.29. The van der Waals surface area contributed by atoms with Crippen LogP contribution in [0, 0.1) is 5.92 Å². The summed E-state index contributed by atoms with van der Waals surface area (Å²) < 4.78 is 1.03. The molecule has 2 N–H and O–H groups in total. The first kappa shape index (κ1) is 9.19. The Morgan fingerprint density at radius 3 is 2.92 bits per heavy atom. The molecule has 0 radical (unpaired) electrons. The second-order valence-electron chi connectivity index (χ2n) is 3.43. The van der Waals surface area contributed by atoms with Crippen LogP contribution >= 0.6 is 15.9 Å². The zero-order valence-corrected chi connectivity index (χ0v) is 8.66.